The van der Waals surface area contributed by atoms with Gasteiger partial charge in [0.15, 0.2) is 0 Å². The Kier molecular flexibility index (Phi) is 19.1. The summed E-state index contributed by atoms with van der Waals surface area (Å²) in [4.78, 5) is 0. The average molecular weight is 283 g/mol. The third kappa shape index (κ3) is 12.0. The van der Waals surface area contributed by atoms with Gasteiger partial charge in [-0.1, -0.05) is 39.8 Å². The number of ether oxygens (including phenoxy) is 2. The molecule has 3 heteroatoms. The fourth-order valence-corrected chi connectivity index (χ4v) is 1.44. The summed E-state index contributed by atoms with van der Waals surface area (Å²) in [6, 6.07) is 8.20. The molecule has 0 saturated heterocycles. The fraction of sp³-hybridized carbons (Fsp3) is 0.647. The van der Waals surface area contributed by atoms with Gasteiger partial charge in [0, 0.05) is 20.3 Å². The van der Waals surface area contributed by atoms with Gasteiger partial charge in [0.2, 0.25) is 0 Å². The molecule has 1 N–H and O–H groups in total. The van der Waals surface area contributed by atoms with E-state index in [0.717, 1.165) is 31.9 Å². The molecule has 0 radical (unpaired) electrons. The second-order valence-electron chi connectivity index (χ2n) is 3.60. The molecule has 0 spiro atoms. The molecule has 118 valence electrons. The third-order valence-electron chi connectivity index (χ3n) is 2.27. The van der Waals surface area contributed by atoms with Crippen LogP contribution in [0.4, 0.5) is 0 Å². The molecule has 0 amide bonds. The Balaban J connectivity index is 0. The van der Waals surface area contributed by atoms with Crippen molar-refractivity contribution in [3.8, 4) is 5.75 Å². The van der Waals surface area contributed by atoms with Crippen LogP contribution in [0.15, 0.2) is 24.3 Å². The Morgan fingerprint density at radius 2 is 1.60 bits per heavy atom. The number of rotatable bonds is 8. The minimum Gasteiger partial charge on any atom is -0.494 e. The van der Waals surface area contributed by atoms with Crippen molar-refractivity contribution in [3.05, 3.63) is 29.8 Å². The maximum absolute atomic E-state index is 5.38. The second-order valence-corrected chi connectivity index (χ2v) is 3.60. The van der Waals surface area contributed by atoms with Gasteiger partial charge in [-0.05, 0) is 37.6 Å². The minimum atomic E-state index is 0.717. The highest BCUT2D eigenvalue weighted by Gasteiger charge is 1.94. The van der Waals surface area contributed by atoms with Crippen LogP contribution in [0, 0.1) is 0 Å². The molecule has 0 bridgehead atoms. The van der Waals surface area contributed by atoms with E-state index < -0.39 is 0 Å². The van der Waals surface area contributed by atoms with Crippen LogP contribution in [-0.2, 0) is 11.3 Å². The van der Waals surface area contributed by atoms with Gasteiger partial charge in [-0.2, -0.15) is 0 Å². The molecule has 20 heavy (non-hydrogen) atoms. The van der Waals surface area contributed by atoms with Gasteiger partial charge in [-0.3, -0.25) is 0 Å². The summed E-state index contributed by atoms with van der Waals surface area (Å²) in [5.41, 5.74) is 1.28. The molecule has 0 aliphatic rings. The van der Waals surface area contributed by atoms with Crippen molar-refractivity contribution in [1.82, 2.24) is 5.32 Å². The highest BCUT2D eigenvalue weighted by molar-refractivity contribution is 5.27. The van der Waals surface area contributed by atoms with Crippen molar-refractivity contribution < 1.29 is 9.47 Å². The molecule has 1 rings (SSSR count). The fourth-order valence-electron chi connectivity index (χ4n) is 1.44. The molecule has 1 aromatic rings. The Morgan fingerprint density at radius 3 is 2.10 bits per heavy atom. The quantitative estimate of drug-likeness (QED) is 0.723. The summed E-state index contributed by atoms with van der Waals surface area (Å²) in [5, 5.41) is 3.37. The molecule has 0 aromatic heterocycles. The molecule has 3 nitrogen and oxygen atoms in total. The SMILES string of the molecule is CC.CC.CCOc1ccc(CNCCCOC)cc1. The van der Waals surface area contributed by atoms with Gasteiger partial charge in [0.1, 0.15) is 5.75 Å². The van der Waals surface area contributed by atoms with Crippen LogP contribution < -0.4 is 10.1 Å². The molecule has 0 saturated carbocycles. The van der Waals surface area contributed by atoms with Crippen molar-refractivity contribution in [3.63, 3.8) is 0 Å². The van der Waals surface area contributed by atoms with Crippen molar-refractivity contribution in [2.45, 2.75) is 47.6 Å². The first-order valence-corrected chi connectivity index (χ1v) is 7.78. The zero-order chi connectivity index (χ0) is 15.6. The zero-order valence-electron chi connectivity index (χ0n) is 14.2. The van der Waals surface area contributed by atoms with Crippen LogP contribution in [0.3, 0.4) is 0 Å². The lowest BCUT2D eigenvalue weighted by Crippen LogP contribution is -2.15. The standard InChI is InChI=1S/C13H21NO2.2C2H6/c1-3-16-13-7-5-12(6-8-13)11-14-9-4-10-15-2;2*1-2/h5-8,14H,3-4,9-11H2,1-2H3;2*1-2H3. The van der Waals surface area contributed by atoms with E-state index in [1.165, 1.54) is 5.56 Å². The van der Waals surface area contributed by atoms with Crippen LogP contribution in [-0.4, -0.2) is 26.9 Å². The Hall–Kier alpha value is -1.06. The van der Waals surface area contributed by atoms with E-state index in [9.17, 15) is 0 Å². The van der Waals surface area contributed by atoms with Gasteiger partial charge in [0.05, 0.1) is 6.61 Å². The largest absolute Gasteiger partial charge is 0.494 e. The van der Waals surface area contributed by atoms with Crippen molar-refractivity contribution in [2.24, 2.45) is 0 Å². The van der Waals surface area contributed by atoms with E-state index in [2.05, 4.69) is 17.4 Å². The lowest BCUT2D eigenvalue weighted by atomic mass is 10.2. The molecule has 0 fully saturated rings. The second kappa shape index (κ2) is 17.9. The summed E-state index contributed by atoms with van der Waals surface area (Å²) < 4.78 is 10.4. The van der Waals surface area contributed by atoms with E-state index in [4.69, 9.17) is 9.47 Å². The molecule has 0 atom stereocenters. The predicted octanol–water partition coefficient (Wildman–Crippen LogP) is 4.26. The number of hydrogen-bond donors (Lipinski definition) is 1. The molecular formula is C17H33NO2. The van der Waals surface area contributed by atoms with Gasteiger partial charge >= 0.3 is 0 Å². The monoisotopic (exact) mass is 283 g/mol. The first kappa shape index (κ1) is 21.2. The predicted molar refractivity (Wildman–Crippen MR) is 88.5 cm³/mol. The number of benzene rings is 1. The molecular weight excluding hydrogens is 250 g/mol. The Morgan fingerprint density at radius 1 is 1.00 bits per heavy atom. The number of methoxy groups -OCH3 is 1. The van der Waals surface area contributed by atoms with Crippen LogP contribution in [0.2, 0.25) is 0 Å². The molecule has 0 heterocycles. The highest BCUT2D eigenvalue weighted by Crippen LogP contribution is 2.11. The van der Waals surface area contributed by atoms with E-state index in [-0.39, 0.29) is 0 Å². The highest BCUT2D eigenvalue weighted by atomic mass is 16.5. The van der Waals surface area contributed by atoms with Crippen LogP contribution in [0.25, 0.3) is 0 Å². The van der Waals surface area contributed by atoms with E-state index in [1.807, 2.05) is 46.8 Å². The molecule has 0 aliphatic heterocycles. The minimum absolute atomic E-state index is 0.717. The average Bonchev–Trinajstić information content (AvgIpc) is 2.53. The van der Waals surface area contributed by atoms with Gasteiger partial charge in [-0.15, -0.1) is 0 Å². The molecule has 0 unspecified atom stereocenters. The lowest BCUT2D eigenvalue weighted by Gasteiger charge is -2.06. The van der Waals surface area contributed by atoms with Crippen LogP contribution in [0.5, 0.6) is 5.75 Å². The lowest BCUT2D eigenvalue weighted by molar-refractivity contribution is 0.194. The molecule has 0 aliphatic carbocycles. The summed E-state index contributed by atoms with van der Waals surface area (Å²) in [7, 11) is 1.73. The van der Waals surface area contributed by atoms with E-state index in [1.54, 1.807) is 7.11 Å². The van der Waals surface area contributed by atoms with Crippen molar-refractivity contribution in [2.75, 3.05) is 26.9 Å². The van der Waals surface area contributed by atoms with E-state index in [0.29, 0.717) is 6.61 Å². The maximum atomic E-state index is 5.38. The maximum Gasteiger partial charge on any atom is 0.119 e. The van der Waals surface area contributed by atoms with Crippen molar-refractivity contribution in [1.29, 1.82) is 0 Å². The summed E-state index contributed by atoms with van der Waals surface area (Å²) in [6.07, 6.45) is 1.05. The summed E-state index contributed by atoms with van der Waals surface area (Å²) >= 11 is 0. The first-order valence-electron chi connectivity index (χ1n) is 7.78. The Bertz CT molecular complexity index is 273. The van der Waals surface area contributed by atoms with Crippen LogP contribution in [0.1, 0.15) is 46.6 Å². The smallest absolute Gasteiger partial charge is 0.119 e. The van der Waals surface area contributed by atoms with Gasteiger partial charge < -0.3 is 14.8 Å². The first-order chi connectivity index (χ1) is 9.86. The summed E-state index contributed by atoms with van der Waals surface area (Å²) in [6.45, 7) is 13.4. The Labute approximate surface area is 125 Å². The van der Waals surface area contributed by atoms with Crippen molar-refractivity contribution >= 4 is 0 Å². The number of nitrogens with one attached hydrogen (secondary N) is 1. The topological polar surface area (TPSA) is 30.5 Å². The van der Waals surface area contributed by atoms with E-state index >= 15 is 0 Å². The van der Waals surface area contributed by atoms with Gasteiger partial charge in [0.25, 0.3) is 0 Å². The van der Waals surface area contributed by atoms with Crippen LogP contribution >= 0.6 is 0 Å². The summed E-state index contributed by atoms with van der Waals surface area (Å²) in [5.74, 6) is 0.936. The van der Waals surface area contributed by atoms with Gasteiger partial charge in [-0.25, -0.2) is 0 Å². The zero-order valence-corrected chi connectivity index (χ0v) is 14.2. The number of hydrogen-bond acceptors (Lipinski definition) is 3. The normalized spacial score (nSPS) is 8.90. The third-order valence-corrected chi connectivity index (χ3v) is 2.27. The molecule has 1 aromatic carbocycles.